The van der Waals surface area contributed by atoms with E-state index in [2.05, 4.69) is 23.5 Å². The number of hydrogen-bond acceptors (Lipinski definition) is 3. The molecule has 0 saturated carbocycles. The van der Waals surface area contributed by atoms with Crippen LogP contribution in [0.5, 0.6) is 5.75 Å². The van der Waals surface area contributed by atoms with Crippen LogP contribution in [-0.2, 0) is 6.42 Å². The minimum Gasteiger partial charge on any atom is -0.493 e. The molecule has 1 N–H and O–H groups in total. The number of rotatable bonds is 3. The van der Waals surface area contributed by atoms with Crippen LogP contribution in [0.4, 0.5) is 5.69 Å². The molecular weight excluding hydrogens is 230 g/mol. The van der Waals surface area contributed by atoms with Gasteiger partial charge in [0.15, 0.2) is 0 Å². The van der Waals surface area contributed by atoms with Crippen LogP contribution in [0.1, 0.15) is 18.4 Å². The Bertz CT molecular complexity index is 388. The number of thioether (sulfide) groups is 1. The van der Waals surface area contributed by atoms with E-state index in [9.17, 15) is 0 Å². The summed E-state index contributed by atoms with van der Waals surface area (Å²) >= 11 is 2.05. The fourth-order valence-corrected chi connectivity index (χ4v) is 3.72. The molecule has 0 aliphatic carbocycles. The van der Waals surface area contributed by atoms with Crippen molar-refractivity contribution in [3.05, 3.63) is 23.8 Å². The topological polar surface area (TPSA) is 21.3 Å². The number of fused-ring (bicyclic) bond motifs is 1. The Morgan fingerprint density at radius 2 is 2.41 bits per heavy atom. The van der Waals surface area contributed by atoms with Gasteiger partial charge < -0.3 is 10.1 Å². The summed E-state index contributed by atoms with van der Waals surface area (Å²) in [6.45, 7) is 1.97. The van der Waals surface area contributed by atoms with E-state index in [0.29, 0.717) is 0 Å². The van der Waals surface area contributed by atoms with Gasteiger partial charge in [0.2, 0.25) is 0 Å². The molecule has 1 saturated heterocycles. The average molecular weight is 249 g/mol. The molecule has 2 nitrogen and oxygen atoms in total. The van der Waals surface area contributed by atoms with Gasteiger partial charge in [-0.25, -0.2) is 0 Å². The van der Waals surface area contributed by atoms with Crippen LogP contribution in [0.15, 0.2) is 18.2 Å². The lowest BCUT2D eigenvalue weighted by Gasteiger charge is -2.19. The molecule has 0 aromatic heterocycles. The van der Waals surface area contributed by atoms with E-state index in [1.54, 1.807) is 0 Å². The van der Waals surface area contributed by atoms with Crippen LogP contribution in [0.3, 0.4) is 0 Å². The van der Waals surface area contributed by atoms with Gasteiger partial charge >= 0.3 is 0 Å². The molecule has 0 spiro atoms. The summed E-state index contributed by atoms with van der Waals surface area (Å²) in [5.74, 6) is 4.35. The second kappa shape index (κ2) is 5.21. The van der Waals surface area contributed by atoms with Gasteiger partial charge in [-0.1, -0.05) is 6.07 Å². The SMILES string of the molecule is c1cc2c(cc1OCC1CCSC1)NCCC2. The van der Waals surface area contributed by atoms with Crippen LogP contribution >= 0.6 is 11.8 Å². The first-order valence-electron chi connectivity index (χ1n) is 6.49. The second-order valence-electron chi connectivity index (χ2n) is 4.89. The molecule has 2 aliphatic heterocycles. The van der Waals surface area contributed by atoms with Gasteiger partial charge in [-0.3, -0.25) is 0 Å². The highest BCUT2D eigenvalue weighted by atomic mass is 32.2. The fraction of sp³-hybridized carbons (Fsp3) is 0.571. The van der Waals surface area contributed by atoms with Gasteiger partial charge in [0, 0.05) is 24.2 Å². The van der Waals surface area contributed by atoms with Crippen molar-refractivity contribution in [2.75, 3.05) is 30.0 Å². The maximum atomic E-state index is 5.90. The van der Waals surface area contributed by atoms with Gasteiger partial charge in [0.25, 0.3) is 0 Å². The van der Waals surface area contributed by atoms with E-state index in [4.69, 9.17) is 4.74 Å². The Morgan fingerprint density at radius 3 is 3.29 bits per heavy atom. The summed E-state index contributed by atoms with van der Waals surface area (Å²) in [5, 5.41) is 3.45. The van der Waals surface area contributed by atoms with Gasteiger partial charge in [-0.05, 0) is 42.4 Å². The zero-order valence-electron chi connectivity index (χ0n) is 10.1. The third-order valence-electron chi connectivity index (χ3n) is 3.53. The van der Waals surface area contributed by atoms with E-state index in [0.717, 1.165) is 24.8 Å². The number of nitrogens with one attached hydrogen (secondary N) is 1. The lowest BCUT2D eigenvalue weighted by molar-refractivity contribution is 0.264. The molecule has 1 aromatic rings. The summed E-state index contributed by atoms with van der Waals surface area (Å²) in [6.07, 6.45) is 3.75. The first-order valence-corrected chi connectivity index (χ1v) is 7.64. The maximum absolute atomic E-state index is 5.90. The molecule has 17 heavy (non-hydrogen) atoms. The standard InChI is InChI=1S/C14H19NOS/c1-2-12-3-4-13(8-14(12)15-6-1)16-9-11-5-7-17-10-11/h3-4,8,11,15H,1-2,5-7,9-10H2. The number of hydrogen-bond donors (Lipinski definition) is 1. The first-order chi connectivity index (χ1) is 8.42. The largest absolute Gasteiger partial charge is 0.493 e. The molecule has 3 rings (SSSR count). The predicted molar refractivity (Wildman–Crippen MR) is 74.2 cm³/mol. The minimum absolute atomic E-state index is 0.754. The number of benzene rings is 1. The van der Waals surface area contributed by atoms with Crippen LogP contribution < -0.4 is 10.1 Å². The maximum Gasteiger partial charge on any atom is 0.121 e. The molecule has 0 amide bonds. The Kier molecular flexibility index (Phi) is 3.46. The van der Waals surface area contributed by atoms with Crippen molar-refractivity contribution in [2.24, 2.45) is 5.92 Å². The van der Waals surface area contributed by atoms with Crippen molar-refractivity contribution in [1.29, 1.82) is 0 Å². The fourth-order valence-electron chi connectivity index (χ4n) is 2.46. The molecule has 1 aromatic carbocycles. The number of anilines is 1. The Labute approximate surface area is 107 Å². The highest BCUT2D eigenvalue weighted by molar-refractivity contribution is 7.99. The van der Waals surface area contributed by atoms with Crippen molar-refractivity contribution in [3.63, 3.8) is 0 Å². The molecular formula is C14H19NOS. The summed E-state index contributed by atoms with van der Waals surface area (Å²) in [5.41, 5.74) is 2.70. The van der Waals surface area contributed by atoms with Crippen molar-refractivity contribution in [3.8, 4) is 5.75 Å². The van der Waals surface area contributed by atoms with E-state index in [1.165, 1.54) is 42.0 Å². The molecule has 0 radical (unpaired) electrons. The van der Waals surface area contributed by atoms with Crippen LogP contribution in [-0.4, -0.2) is 24.7 Å². The quantitative estimate of drug-likeness (QED) is 0.889. The summed E-state index contributed by atoms with van der Waals surface area (Å²) < 4.78 is 5.90. The smallest absolute Gasteiger partial charge is 0.121 e. The second-order valence-corrected chi connectivity index (χ2v) is 6.04. The molecule has 1 atom stereocenters. The van der Waals surface area contributed by atoms with Gasteiger partial charge in [-0.15, -0.1) is 0 Å². The van der Waals surface area contributed by atoms with Crippen molar-refractivity contribution in [2.45, 2.75) is 19.3 Å². The molecule has 92 valence electrons. The highest BCUT2D eigenvalue weighted by Gasteiger charge is 2.16. The van der Waals surface area contributed by atoms with Crippen molar-refractivity contribution >= 4 is 17.4 Å². The van der Waals surface area contributed by atoms with Crippen molar-refractivity contribution in [1.82, 2.24) is 0 Å². The molecule has 1 unspecified atom stereocenters. The Hall–Kier alpha value is -0.830. The molecule has 0 bridgehead atoms. The van der Waals surface area contributed by atoms with Gasteiger partial charge in [0.05, 0.1) is 6.61 Å². The highest BCUT2D eigenvalue weighted by Crippen LogP contribution is 2.28. The molecule has 1 fully saturated rings. The Balaban J connectivity index is 1.62. The minimum atomic E-state index is 0.754. The average Bonchev–Trinajstić information content (AvgIpc) is 2.89. The predicted octanol–water partition coefficient (Wildman–Crippen LogP) is 3.18. The third kappa shape index (κ3) is 2.71. The number of ether oxygens (including phenoxy) is 1. The van der Waals surface area contributed by atoms with Crippen LogP contribution in [0.2, 0.25) is 0 Å². The normalized spacial score (nSPS) is 22.9. The molecule has 3 heteroatoms. The van der Waals surface area contributed by atoms with E-state index in [1.807, 2.05) is 11.8 Å². The number of aryl methyl sites for hydroxylation is 1. The van der Waals surface area contributed by atoms with E-state index >= 15 is 0 Å². The zero-order valence-corrected chi connectivity index (χ0v) is 10.9. The van der Waals surface area contributed by atoms with E-state index in [-0.39, 0.29) is 0 Å². The third-order valence-corrected chi connectivity index (χ3v) is 4.76. The zero-order chi connectivity index (χ0) is 11.5. The summed E-state index contributed by atoms with van der Waals surface area (Å²) in [4.78, 5) is 0. The Morgan fingerprint density at radius 1 is 1.41 bits per heavy atom. The van der Waals surface area contributed by atoms with Crippen molar-refractivity contribution < 1.29 is 4.74 Å². The van der Waals surface area contributed by atoms with E-state index < -0.39 is 0 Å². The lowest BCUT2D eigenvalue weighted by Crippen LogP contribution is -2.13. The van der Waals surface area contributed by atoms with Crippen LogP contribution in [0, 0.1) is 5.92 Å². The molecule has 2 aliphatic rings. The monoisotopic (exact) mass is 249 g/mol. The first kappa shape index (κ1) is 11.3. The molecule has 2 heterocycles. The van der Waals surface area contributed by atoms with Gasteiger partial charge in [0.1, 0.15) is 5.75 Å². The lowest BCUT2D eigenvalue weighted by atomic mass is 10.0. The van der Waals surface area contributed by atoms with Gasteiger partial charge in [-0.2, -0.15) is 11.8 Å². The summed E-state index contributed by atoms with van der Waals surface area (Å²) in [7, 11) is 0. The summed E-state index contributed by atoms with van der Waals surface area (Å²) in [6, 6.07) is 6.49. The van der Waals surface area contributed by atoms with Crippen LogP contribution in [0.25, 0.3) is 0 Å².